The van der Waals surface area contributed by atoms with Crippen LogP contribution in [-0.4, -0.2) is 36.6 Å². The average Bonchev–Trinajstić information content (AvgIpc) is 2.67. The molecule has 2 aromatic rings. The highest BCUT2D eigenvalue weighted by Gasteiger charge is 2.83. The molecule has 0 aliphatic rings. The van der Waals surface area contributed by atoms with Gasteiger partial charge in [-0.1, -0.05) is 36.4 Å². The lowest BCUT2D eigenvalue weighted by atomic mass is 9.86. The van der Waals surface area contributed by atoms with E-state index in [1.807, 2.05) is 0 Å². The van der Waals surface area contributed by atoms with Gasteiger partial charge in [0.1, 0.15) is 11.5 Å². The van der Waals surface area contributed by atoms with Gasteiger partial charge in [-0.15, -0.1) is 0 Å². The second-order valence-corrected chi connectivity index (χ2v) is 5.85. The Morgan fingerprint density at radius 1 is 0.545 bits per heavy atom. The van der Waals surface area contributed by atoms with E-state index in [2.05, 4.69) is 18.9 Å². The van der Waals surface area contributed by atoms with Gasteiger partial charge in [0.05, 0.1) is 0 Å². The smallest absolute Gasteiger partial charge is 0.395 e. The van der Waals surface area contributed by atoms with Crippen LogP contribution >= 0.6 is 0 Å². The predicted octanol–water partition coefficient (Wildman–Crippen LogP) is 4.58. The summed E-state index contributed by atoms with van der Waals surface area (Å²) in [6.07, 6.45) is -18.2. The van der Waals surface area contributed by atoms with Crippen LogP contribution in [0.5, 0.6) is 11.5 Å². The fraction of sp³-hybridized carbons (Fsp3) is 0.158. The summed E-state index contributed by atoms with van der Waals surface area (Å²) < 4.78 is 96.6. The lowest BCUT2D eigenvalue weighted by molar-refractivity contribution is -0.322. The van der Waals surface area contributed by atoms with Gasteiger partial charge in [0.15, 0.2) is 0 Å². The molecule has 0 N–H and O–H groups in total. The molecule has 0 aromatic heterocycles. The number of hydrogen-bond donors (Lipinski definition) is 0. The zero-order chi connectivity index (χ0) is 24.9. The number of para-hydroxylation sites is 2. The van der Waals surface area contributed by atoms with Crippen LogP contribution in [0.3, 0.4) is 0 Å². The molecule has 0 spiro atoms. The minimum absolute atomic E-state index is 0.408. The van der Waals surface area contributed by atoms with Gasteiger partial charge in [-0.2, -0.15) is 26.3 Å². The molecule has 0 heterocycles. The minimum atomic E-state index is -6.76. The Morgan fingerprint density at radius 3 is 1.12 bits per heavy atom. The molecule has 14 heteroatoms. The van der Waals surface area contributed by atoms with Crippen molar-refractivity contribution >= 4 is 24.2 Å². The highest BCUT2D eigenvalue weighted by molar-refractivity contribution is 6.07. The number of benzene rings is 2. The van der Waals surface area contributed by atoms with Crippen molar-refractivity contribution in [2.24, 2.45) is 5.41 Å². The van der Waals surface area contributed by atoms with Crippen LogP contribution < -0.4 is 9.47 Å². The quantitative estimate of drug-likeness (QED) is 0.271. The molecular weight excluding hydrogens is 470 g/mol. The van der Waals surface area contributed by atoms with E-state index in [0.29, 0.717) is 0 Å². The molecule has 0 radical (unpaired) electrons. The normalized spacial score (nSPS) is 11.8. The van der Waals surface area contributed by atoms with Crippen LogP contribution in [0.4, 0.5) is 35.9 Å². The van der Waals surface area contributed by atoms with E-state index < -0.39 is 53.5 Å². The molecule has 0 saturated carbocycles. The van der Waals surface area contributed by atoms with Gasteiger partial charge in [-0.3, -0.25) is 0 Å². The third-order valence-corrected chi connectivity index (χ3v) is 3.70. The molecule has 0 unspecified atom stereocenters. The summed E-state index contributed by atoms with van der Waals surface area (Å²) in [5, 5.41) is 0. The third kappa shape index (κ3) is 5.58. The number of carbonyl (C=O) groups is 4. The molecule has 0 saturated heterocycles. The third-order valence-electron chi connectivity index (χ3n) is 3.70. The summed E-state index contributed by atoms with van der Waals surface area (Å²) >= 11 is 0. The first-order valence-corrected chi connectivity index (χ1v) is 8.40. The Labute approximate surface area is 179 Å². The van der Waals surface area contributed by atoms with Crippen molar-refractivity contribution in [3.63, 3.8) is 0 Å². The van der Waals surface area contributed by atoms with Gasteiger partial charge < -0.3 is 18.9 Å². The Hall–Kier alpha value is -4.10. The van der Waals surface area contributed by atoms with Crippen molar-refractivity contribution < 1.29 is 64.5 Å². The van der Waals surface area contributed by atoms with Crippen LogP contribution in [0.2, 0.25) is 0 Å². The summed E-state index contributed by atoms with van der Waals surface area (Å²) in [6, 6.07) is 12.2. The second kappa shape index (κ2) is 9.58. The summed E-state index contributed by atoms with van der Waals surface area (Å²) in [5.74, 6) is -7.73. The van der Waals surface area contributed by atoms with Crippen LogP contribution in [-0.2, 0) is 19.1 Å². The first-order chi connectivity index (χ1) is 15.3. The number of hydrogen-bond acceptors (Lipinski definition) is 8. The van der Waals surface area contributed by atoms with Gasteiger partial charge in [0, 0.05) is 0 Å². The Balaban J connectivity index is 2.33. The van der Waals surface area contributed by atoms with Gasteiger partial charge in [0.25, 0.3) is 0 Å². The van der Waals surface area contributed by atoms with E-state index in [-0.39, 0.29) is 0 Å². The zero-order valence-corrected chi connectivity index (χ0v) is 15.8. The van der Waals surface area contributed by atoms with Gasteiger partial charge in [-0.05, 0) is 24.3 Å². The zero-order valence-electron chi connectivity index (χ0n) is 15.8. The van der Waals surface area contributed by atoms with Crippen LogP contribution in [0.15, 0.2) is 60.7 Å². The first kappa shape index (κ1) is 25.2. The van der Waals surface area contributed by atoms with Crippen molar-refractivity contribution in [3.8, 4) is 11.5 Å². The van der Waals surface area contributed by atoms with E-state index in [1.54, 1.807) is 0 Å². The molecule has 0 aliphatic carbocycles. The van der Waals surface area contributed by atoms with E-state index in [0.717, 1.165) is 24.3 Å². The maximum Gasteiger partial charge on any atom is 0.521 e. The Morgan fingerprint density at radius 2 is 0.848 bits per heavy atom. The number of alkyl halides is 6. The topological polar surface area (TPSA) is 105 Å². The first-order valence-electron chi connectivity index (χ1n) is 8.40. The molecule has 176 valence electrons. The maximum atomic E-state index is 13.5. The van der Waals surface area contributed by atoms with Crippen LogP contribution in [0, 0.1) is 5.41 Å². The Kier molecular flexibility index (Phi) is 7.31. The summed E-state index contributed by atoms with van der Waals surface area (Å²) in [7, 11) is 0. The van der Waals surface area contributed by atoms with Gasteiger partial charge in [-0.25, -0.2) is 19.2 Å². The van der Waals surface area contributed by atoms with Crippen LogP contribution in [0.1, 0.15) is 0 Å². The summed E-state index contributed by atoms with van der Waals surface area (Å²) in [4.78, 5) is 47.0. The molecule has 2 aromatic carbocycles. The van der Waals surface area contributed by atoms with Gasteiger partial charge in [0.2, 0.25) is 0 Å². The summed E-state index contributed by atoms with van der Waals surface area (Å²) in [6.45, 7) is 0. The molecule has 33 heavy (non-hydrogen) atoms. The number of esters is 2. The van der Waals surface area contributed by atoms with E-state index in [1.165, 1.54) is 36.4 Å². The highest BCUT2D eigenvalue weighted by atomic mass is 19.4. The number of halogens is 6. The van der Waals surface area contributed by atoms with Crippen molar-refractivity contribution in [2.75, 3.05) is 0 Å². The number of rotatable bonds is 4. The molecule has 8 nitrogen and oxygen atoms in total. The highest BCUT2D eigenvalue weighted by Crippen LogP contribution is 2.52. The van der Waals surface area contributed by atoms with Crippen molar-refractivity contribution in [1.29, 1.82) is 0 Å². The standard InChI is InChI=1S/C19H10F6O8/c20-18(21,22)17(19(23,24)25,13(26)32-15(28)30-11-7-3-1-4-8-11)14(27)33-16(29)31-12-9-5-2-6-10-12/h1-10H. The number of carbonyl (C=O) groups excluding carboxylic acids is 4. The fourth-order valence-electron chi connectivity index (χ4n) is 2.22. The SMILES string of the molecule is O=C(OC(=O)C(C(=O)OC(=O)Oc1ccccc1)(C(F)(F)F)C(F)(F)F)Oc1ccccc1. The molecule has 0 aliphatic heterocycles. The molecule has 0 fully saturated rings. The molecule has 2 rings (SSSR count). The monoisotopic (exact) mass is 480 g/mol. The fourth-order valence-corrected chi connectivity index (χ4v) is 2.22. The lowest BCUT2D eigenvalue weighted by Crippen LogP contribution is -2.62. The largest absolute Gasteiger partial charge is 0.521 e. The predicted molar refractivity (Wildman–Crippen MR) is 91.7 cm³/mol. The average molecular weight is 480 g/mol. The molecular formula is C19H10F6O8. The molecule has 0 bridgehead atoms. The van der Waals surface area contributed by atoms with E-state index in [9.17, 15) is 45.5 Å². The summed E-state index contributed by atoms with van der Waals surface area (Å²) in [5.41, 5.74) is -6.08. The molecule has 0 atom stereocenters. The number of ether oxygens (including phenoxy) is 4. The second-order valence-electron chi connectivity index (χ2n) is 5.85. The van der Waals surface area contributed by atoms with Crippen LogP contribution in [0.25, 0.3) is 0 Å². The Bertz CT molecular complexity index is 935. The molecule has 0 amide bonds. The van der Waals surface area contributed by atoms with Gasteiger partial charge >= 0.3 is 42.0 Å². The lowest BCUT2D eigenvalue weighted by Gasteiger charge is -2.31. The van der Waals surface area contributed by atoms with E-state index in [4.69, 9.17) is 0 Å². The van der Waals surface area contributed by atoms with E-state index >= 15 is 0 Å². The van der Waals surface area contributed by atoms with Crippen molar-refractivity contribution in [1.82, 2.24) is 0 Å². The van der Waals surface area contributed by atoms with Crippen molar-refractivity contribution in [2.45, 2.75) is 12.4 Å². The minimum Gasteiger partial charge on any atom is -0.395 e. The maximum absolute atomic E-state index is 13.5. The van der Waals surface area contributed by atoms with Crippen molar-refractivity contribution in [3.05, 3.63) is 60.7 Å².